The summed E-state index contributed by atoms with van der Waals surface area (Å²) in [5.41, 5.74) is 4.25. The first-order valence-electron chi connectivity index (χ1n) is 15.2. The molecule has 0 aliphatic carbocycles. The highest BCUT2D eigenvalue weighted by atomic mass is 28.3. The van der Waals surface area contributed by atoms with E-state index in [1.54, 1.807) is 6.33 Å². The molecule has 0 bridgehead atoms. The molecule has 0 radical (unpaired) electrons. The van der Waals surface area contributed by atoms with Gasteiger partial charge in [0.15, 0.2) is 0 Å². The van der Waals surface area contributed by atoms with Crippen LogP contribution in [0.5, 0.6) is 0 Å². The van der Waals surface area contributed by atoms with E-state index in [1.165, 1.54) is 0 Å². The van der Waals surface area contributed by atoms with Crippen molar-refractivity contribution in [3.8, 4) is 0 Å². The normalized spacial score (nSPS) is 12.3. The predicted molar refractivity (Wildman–Crippen MR) is 177 cm³/mol. The maximum atomic E-state index is 12.9. The van der Waals surface area contributed by atoms with E-state index in [1.807, 2.05) is 42.0 Å². The molecule has 0 saturated heterocycles. The van der Waals surface area contributed by atoms with Crippen molar-refractivity contribution in [2.24, 2.45) is 0 Å². The van der Waals surface area contributed by atoms with Gasteiger partial charge in [0.25, 0.3) is 0 Å². The standard InChI is InChI=1S/C36H45N3O3Si/c1-5-42-35(40)30(26-34-27-39(28-37-34)29-41-24-25-43(2,3)4)16-15-23-38-36(31-17-9-6-10-18-31,32-19-11-7-12-20-32)33-21-13-8-14-22-33/h6-14,17-22,26-28,38H,5,15-16,23-25,29H2,1-4H3. The number of ether oxygens (including phenoxy) is 2. The number of nitrogens with one attached hydrogen (secondary N) is 1. The van der Waals surface area contributed by atoms with Crippen LogP contribution < -0.4 is 5.32 Å². The molecule has 0 aliphatic heterocycles. The zero-order valence-electron chi connectivity index (χ0n) is 26.0. The van der Waals surface area contributed by atoms with Crippen LogP contribution in [-0.4, -0.2) is 43.4 Å². The van der Waals surface area contributed by atoms with E-state index in [2.05, 4.69) is 103 Å². The number of hydrogen-bond donors (Lipinski definition) is 1. The van der Waals surface area contributed by atoms with Crippen molar-refractivity contribution in [3.63, 3.8) is 0 Å². The topological polar surface area (TPSA) is 65.4 Å². The lowest BCUT2D eigenvalue weighted by atomic mass is 9.77. The molecule has 0 amide bonds. The van der Waals surface area contributed by atoms with Crippen molar-refractivity contribution >= 4 is 20.1 Å². The van der Waals surface area contributed by atoms with Crippen LogP contribution in [0, 0.1) is 0 Å². The second-order valence-corrected chi connectivity index (χ2v) is 17.6. The van der Waals surface area contributed by atoms with Crippen molar-refractivity contribution in [2.45, 2.75) is 57.7 Å². The fourth-order valence-corrected chi connectivity index (χ4v) is 5.89. The highest BCUT2D eigenvalue weighted by Crippen LogP contribution is 2.36. The van der Waals surface area contributed by atoms with Gasteiger partial charge in [0.2, 0.25) is 0 Å². The van der Waals surface area contributed by atoms with Crippen LogP contribution in [0.3, 0.4) is 0 Å². The van der Waals surface area contributed by atoms with E-state index in [9.17, 15) is 4.79 Å². The predicted octanol–water partition coefficient (Wildman–Crippen LogP) is 7.50. The molecular formula is C36H45N3O3Si. The number of carbonyl (C=O) groups excluding carboxylic acids is 1. The molecule has 1 aromatic heterocycles. The van der Waals surface area contributed by atoms with Crippen LogP contribution in [0.15, 0.2) is 109 Å². The lowest BCUT2D eigenvalue weighted by molar-refractivity contribution is -0.138. The smallest absolute Gasteiger partial charge is 0.334 e. The van der Waals surface area contributed by atoms with E-state index < -0.39 is 13.6 Å². The SMILES string of the molecule is CCOC(=O)C(=Cc1cn(COCC[Si](C)(C)C)cn1)CCCNC(c1ccccc1)(c1ccccc1)c1ccccc1. The lowest BCUT2D eigenvalue weighted by Gasteiger charge is -2.37. The van der Waals surface area contributed by atoms with Gasteiger partial charge in [0.05, 0.1) is 24.2 Å². The summed E-state index contributed by atoms with van der Waals surface area (Å²) < 4.78 is 13.2. The van der Waals surface area contributed by atoms with Gasteiger partial charge in [0.1, 0.15) is 6.73 Å². The van der Waals surface area contributed by atoms with Crippen LogP contribution in [0.25, 0.3) is 6.08 Å². The molecule has 43 heavy (non-hydrogen) atoms. The minimum absolute atomic E-state index is 0.302. The van der Waals surface area contributed by atoms with Gasteiger partial charge in [-0.25, -0.2) is 9.78 Å². The summed E-state index contributed by atoms with van der Waals surface area (Å²) in [7, 11) is -1.13. The average Bonchev–Trinajstić information content (AvgIpc) is 3.47. The van der Waals surface area contributed by atoms with Crippen LogP contribution in [0.4, 0.5) is 0 Å². The fraction of sp³-hybridized carbons (Fsp3) is 0.333. The molecular weight excluding hydrogens is 551 g/mol. The van der Waals surface area contributed by atoms with Gasteiger partial charge < -0.3 is 14.0 Å². The van der Waals surface area contributed by atoms with Crippen molar-refractivity contribution in [1.82, 2.24) is 14.9 Å². The molecule has 226 valence electrons. The van der Waals surface area contributed by atoms with E-state index in [0.29, 0.717) is 31.9 Å². The number of esters is 1. The lowest BCUT2D eigenvalue weighted by Crippen LogP contribution is -2.45. The fourth-order valence-electron chi connectivity index (χ4n) is 5.13. The summed E-state index contributed by atoms with van der Waals surface area (Å²) in [6, 6.07) is 32.7. The highest BCUT2D eigenvalue weighted by molar-refractivity contribution is 6.76. The number of hydrogen-bond acceptors (Lipinski definition) is 5. The monoisotopic (exact) mass is 595 g/mol. The number of aromatic nitrogens is 2. The molecule has 1 N–H and O–H groups in total. The molecule has 0 fully saturated rings. The Morgan fingerprint density at radius 1 is 0.907 bits per heavy atom. The number of nitrogens with zero attached hydrogens (tertiary/aromatic N) is 2. The Morgan fingerprint density at radius 2 is 1.47 bits per heavy atom. The molecule has 6 nitrogen and oxygen atoms in total. The zero-order chi connectivity index (χ0) is 30.5. The zero-order valence-corrected chi connectivity index (χ0v) is 27.0. The highest BCUT2D eigenvalue weighted by Gasteiger charge is 2.35. The number of carbonyl (C=O) groups is 1. The van der Waals surface area contributed by atoms with E-state index in [4.69, 9.17) is 9.47 Å². The van der Waals surface area contributed by atoms with Crippen molar-refractivity contribution < 1.29 is 14.3 Å². The van der Waals surface area contributed by atoms with Crippen molar-refractivity contribution in [2.75, 3.05) is 19.8 Å². The third-order valence-corrected chi connectivity index (χ3v) is 9.09. The van der Waals surface area contributed by atoms with E-state index in [-0.39, 0.29) is 5.97 Å². The van der Waals surface area contributed by atoms with E-state index >= 15 is 0 Å². The van der Waals surface area contributed by atoms with Crippen molar-refractivity contribution in [1.29, 1.82) is 0 Å². The summed E-state index contributed by atoms with van der Waals surface area (Å²) >= 11 is 0. The van der Waals surface area contributed by atoms with Gasteiger partial charge >= 0.3 is 5.97 Å². The first kappa shape index (κ1) is 32.1. The first-order chi connectivity index (χ1) is 20.8. The summed E-state index contributed by atoms with van der Waals surface area (Å²) in [6.45, 7) is 11.1. The third kappa shape index (κ3) is 9.10. The maximum Gasteiger partial charge on any atom is 0.334 e. The van der Waals surface area contributed by atoms with Gasteiger partial charge in [-0.3, -0.25) is 5.32 Å². The summed E-state index contributed by atoms with van der Waals surface area (Å²) in [4.78, 5) is 17.5. The van der Waals surface area contributed by atoms with Gasteiger partial charge in [-0.05, 0) is 55.1 Å². The molecule has 4 aromatic rings. The summed E-state index contributed by atoms with van der Waals surface area (Å²) in [5, 5.41) is 3.90. The second-order valence-electron chi connectivity index (χ2n) is 11.9. The summed E-state index contributed by atoms with van der Waals surface area (Å²) in [6.07, 6.45) is 6.80. The Morgan fingerprint density at radius 3 is 1.98 bits per heavy atom. The third-order valence-electron chi connectivity index (χ3n) is 7.38. The minimum atomic E-state index is -1.13. The molecule has 0 spiro atoms. The molecule has 0 unspecified atom stereocenters. The van der Waals surface area contributed by atoms with Crippen LogP contribution in [0.2, 0.25) is 25.7 Å². The molecule has 3 aromatic carbocycles. The van der Waals surface area contributed by atoms with Crippen LogP contribution in [-0.2, 0) is 26.5 Å². The Labute approximate surface area is 257 Å². The Bertz CT molecular complexity index is 1330. The molecule has 0 aliphatic rings. The van der Waals surface area contributed by atoms with E-state index in [0.717, 1.165) is 41.5 Å². The number of rotatable bonds is 16. The Hall–Kier alpha value is -3.78. The van der Waals surface area contributed by atoms with Crippen LogP contribution in [0.1, 0.15) is 42.1 Å². The molecule has 7 heteroatoms. The Kier molecular flexibility index (Phi) is 11.7. The Balaban J connectivity index is 1.51. The quantitative estimate of drug-likeness (QED) is 0.0478. The molecule has 4 rings (SSSR count). The van der Waals surface area contributed by atoms with Gasteiger partial charge in [-0.15, -0.1) is 0 Å². The van der Waals surface area contributed by atoms with Crippen molar-refractivity contribution in [3.05, 3.63) is 131 Å². The van der Waals surface area contributed by atoms with Gasteiger partial charge in [0, 0.05) is 26.5 Å². The first-order valence-corrected chi connectivity index (χ1v) is 18.9. The van der Waals surface area contributed by atoms with Gasteiger partial charge in [-0.2, -0.15) is 0 Å². The number of imidazole rings is 1. The molecule has 1 heterocycles. The largest absolute Gasteiger partial charge is 0.463 e. The average molecular weight is 596 g/mol. The molecule has 0 atom stereocenters. The number of benzene rings is 3. The minimum Gasteiger partial charge on any atom is -0.463 e. The van der Waals surface area contributed by atoms with Crippen LogP contribution >= 0.6 is 0 Å². The molecule has 0 saturated carbocycles. The maximum absolute atomic E-state index is 12.9. The van der Waals surface area contributed by atoms with Gasteiger partial charge in [-0.1, -0.05) is 111 Å². The second kappa shape index (κ2) is 15.6. The summed E-state index contributed by atoms with van der Waals surface area (Å²) in [5.74, 6) is -0.302.